The molecule has 0 spiro atoms. The fourth-order valence-electron chi connectivity index (χ4n) is 3.65. The molecule has 1 aliphatic heterocycles. The van der Waals surface area contributed by atoms with Crippen molar-refractivity contribution < 1.29 is 4.74 Å². The van der Waals surface area contributed by atoms with Gasteiger partial charge in [0.1, 0.15) is 0 Å². The SMILES string of the molecule is CC[C@H]1CC(Cl)=C([Si](C)(C)C)[C@H](C2CCCCC2)O1. The van der Waals surface area contributed by atoms with Crippen LogP contribution in [0.15, 0.2) is 10.2 Å². The first kappa shape index (κ1) is 15.6. The lowest BCUT2D eigenvalue weighted by Gasteiger charge is -2.42. The molecule has 1 fully saturated rings. The molecule has 0 radical (unpaired) electrons. The van der Waals surface area contributed by atoms with Crippen molar-refractivity contribution in [2.45, 2.75) is 83.7 Å². The van der Waals surface area contributed by atoms with Crippen LogP contribution in [0.2, 0.25) is 19.6 Å². The molecule has 1 heterocycles. The summed E-state index contributed by atoms with van der Waals surface area (Å²) in [5.74, 6) is 0.721. The van der Waals surface area contributed by atoms with E-state index in [2.05, 4.69) is 26.6 Å². The summed E-state index contributed by atoms with van der Waals surface area (Å²) in [4.78, 5) is 0. The molecule has 1 nitrogen and oxygen atoms in total. The van der Waals surface area contributed by atoms with Gasteiger partial charge in [-0.2, -0.15) is 0 Å². The Kier molecular flexibility index (Phi) is 5.19. The summed E-state index contributed by atoms with van der Waals surface area (Å²) in [5.41, 5.74) is 0. The Bertz CT molecular complexity index is 339. The third kappa shape index (κ3) is 3.65. The largest absolute Gasteiger partial charge is 0.370 e. The molecule has 2 atom stereocenters. The van der Waals surface area contributed by atoms with Gasteiger partial charge in [0.2, 0.25) is 0 Å². The molecule has 1 saturated carbocycles. The van der Waals surface area contributed by atoms with Crippen LogP contribution in [0.4, 0.5) is 0 Å². The van der Waals surface area contributed by atoms with E-state index in [1.54, 1.807) is 0 Å². The number of halogens is 1. The van der Waals surface area contributed by atoms with Crippen molar-refractivity contribution in [1.82, 2.24) is 0 Å². The molecule has 0 N–H and O–H groups in total. The monoisotopic (exact) mass is 300 g/mol. The standard InChI is InChI=1S/C16H29ClOSi/c1-5-13-11-14(17)16(19(2,3)4)15(18-13)12-9-7-6-8-10-12/h12-13,15H,5-11H2,1-4H3/t13-,15-/m0/s1. The van der Waals surface area contributed by atoms with E-state index in [9.17, 15) is 0 Å². The average molecular weight is 301 g/mol. The minimum atomic E-state index is -1.39. The molecule has 1 aliphatic carbocycles. The number of hydrogen-bond donors (Lipinski definition) is 0. The highest BCUT2D eigenvalue weighted by atomic mass is 35.5. The summed E-state index contributed by atoms with van der Waals surface area (Å²) < 4.78 is 6.48. The Morgan fingerprint density at radius 2 is 1.79 bits per heavy atom. The van der Waals surface area contributed by atoms with Gasteiger partial charge in [-0.15, -0.1) is 0 Å². The maximum absolute atomic E-state index is 6.69. The molecule has 0 aromatic heterocycles. The molecule has 0 amide bonds. The van der Waals surface area contributed by atoms with Gasteiger partial charge >= 0.3 is 0 Å². The Hall–Kier alpha value is 0.207. The van der Waals surface area contributed by atoms with Crippen LogP contribution in [-0.2, 0) is 4.74 Å². The molecule has 0 saturated heterocycles. The molecule has 0 unspecified atom stereocenters. The van der Waals surface area contributed by atoms with Gasteiger partial charge in [-0.05, 0) is 30.4 Å². The highest BCUT2D eigenvalue weighted by molar-refractivity contribution is 6.84. The predicted octanol–water partition coefficient (Wildman–Crippen LogP) is 5.50. The van der Waals surface area contributed by atoms with E-state index in [1.807, 2.05) is 0 Å². The Balaban J connectivity index is 2.27. The van der Waals surface area contributed by atoms with Gasteiger partial charge in [-0.25, -0.2) is 0 Å². The first-order valence-electron chi connectivity index (χ1n) is 7.98. The summed E-state index contributed by atoms with van der Waals surface area (Å²) in [6.07, 6.45) is 9.52. The maximum atomic E-state index is 6.69. The van der Waals surface area contributed by atoms with E-state index < -0.39 is 8.07 Å². The van der Waals surface area contributed by atoms with Crippen LogP contribution in [0.1, 0.15) is 51.9 Å². The molecular weight excluding hydrogens is 272 g/mol. The molecule has 0 aromatic carbocycles. The smallest absolute Gasteiger partial charge is 0.0796 e. The lowest BCUT2D eigenvalue weighted by Crippen LogP contribution is -2.44. The summed E-state index contributed by atoms with van der Waals surface area (Å²) in [6, 6.07) is 0. The second-order valence-electron chi connectivity index (χ2n) is 7.26. The van der Waals surface area contributed by atoms with Crippen LogP contribution in [0.3, 0.4) is 0 Å². The Morgan fingerprint density at radius 1 is 1.16 bits per heavy atom. The predicted molar refractivity (Wildman–Crippen MR) is 86.4 cm³/mol. The molecule has 2 rings (SSSR count). The minimum absolute atomic E-state index is 0.332. The van der Waals surface area contributed by atoms with Gasteiger partial charge in [0.05, 0.1) is 20.3 Å². The van der Waals surface area contributed by atoms with Gasteiger partial charge in [0, 0.05) is 11.5 Å². The van der Waals surface area contributed by atoms with E-state index >= 15 is 0 Å². The van der Waals surface area contributed by atoms with Crippen molar-refractivity contribution in [2.75, 3.05) is 0 Å². The third-order valence-electron chi connectivity index (χ3n) is 4.66. The maximum Gasteiger partial charge on any atom is 0.0796 e. The molecule has 3 heteroatoms. The van der Waals surface area contributed by atoms with Gasteiger partial charge < -0.3 is 4.74 Å². The summed E-state index contributed by atoms with van der Waals surface area (Å²) in [7, 11) is -1.39. The normalized spacial score (nSPS) is 30.8. The zero-order valence-corrected chi connectivity index (χ0v) is 14.7. The van der Waals surface area contributed by atoms with Gasteiger partial charge in [0.15, 0.2) is 0 Å². The van der Waals surface area contributed by atoms with Crippen molar-refractivity contribution in [2.24, 2.45) is 5.92 Å². The summed E-state index contributed by atoms with van der Waals surface area (Å²) in [5, 5.41) is 2.67. The zero-order chi connectivity index (χ0) is 14.0. The third-order valence-corrected chi connectivity index (χ3v) is 7.38. The van der Waals surface area contributed by atoms with E-state index in [1.165, 1.54) is 37.3 Å². The van der Waals surface area contributed by atoms with Crippen LogP contribution in [-0.4, -0.2) is 20.3 Å². The molecule has 110 valence electrons. The lowest BCUT2D eigenvalue weighted by molar-refractivity contribution is -0.0370. The van der Waals surface area contributed by atoms with Crippen molar-refractivity contribution in [3.05, 3.63) is 10.2 Å². The quantitative estimate of drug-likeness (QED) is 0.625. The van der Waals surface area contributed by atoms with Crippen molar-refractivity contribution >= 4 is 19.7 Å². The first-order chi connectivity index (χ1) is 8.93. The Morgan fingerprint density at radius 3 is 2.32 bits per heavy atom. The second kappa shape index (κ2) is 6.32. The van der Waals surface area contributed by atoms with E-state index in [0.717, 1.165) is 23.8 Å². The van der Waals surface area contributed by atoms with Crippen LogP contribution >= 0.6 is 11.6 Å². The zero-order valence-electron chi connectivity index (χ0n) is 13.0. The van der Waals surface area contributed by atoms with E-state index in [0.29, 0.717) is 12.2 Å². The molecule has 0 aromatic rings. The van der Waals surface area contributed by atoms with Crippen molar-refractivity contribution in [3.8, 4) is 0 Å². The average Bonchev–Trinajstić information content (AvgIpc) is 2.37. The number of rotatable bonds is 3. The summed E-state index contributed by atoms with van der Waals surface area (Å²) in [6.45, 7) is 9.45. The fourth-order valence-corrected chi connectivity index (χ4v) is 6.85. The topological polar surface area (TPSA) is 9.23 Å². The number of hydrogen-bond acceptors (Lipinski definition) is 1. The van der Waals surface area contributed by atoms with Crippen LogP contribution < -0.4 is 0 Å². The van der Waals surface area contributed by atoms with Crippen molar-refractivity contribution in [1.29, 1.82) is 0 Å². The first-order valence-corrected chi connectivity index (χ1v) is 11.9. The van der Waals surface area contributed by atoms with Crippen LogP contribution in [0, 0.1) is 5.92 Å². The van der Waals surface area contributed by atoms with E-state index in [-0.39, 0.29) is 0 Å². The molecule has 19 heavy (non-hydrogen) atoms. The van der Waals surface area contributed by atoms with Gasteiger partial charge in [0.25, 0.3) is 0 Å². The lowest BCUT2D eigenvalue weighted by atomic mass is 9.84. The highest BCUT2D eigenvalue weighted by Crippen LogP contribution is 2.42. The summed E-state index contributed by atoms with van der Waals surface area (Å²) >= 11 is 6.69. The van der Waals surface area contributed by atoms with Gasteiger partial charge in [-0.1, -0.05) is 57.4 Å². The van der Waals surface area contributed by atoms with Gasteiger partial charge in [-0.3, -0.25) is 0 Å². The Labute approximate surface area is 124 Å². The van der Waals surface area contributed by atoms with Crippen LogP contribution in [0.25, 0.3) is 0 Å². The second-order valence-corrected chi connectivity index (χ2v) is 12.8. The molecular formula is C16H29ClOSi. The highest BCUT2D eigenvalue weighted by Gasteiger charge is 2.40. The molecule has 0 bridgehead atoms. The molecule has 2 aliphatic rings. The fraction of sp³-hybridized carbons (Fsp3) is 0.875. The van der Waals surface area contributed by atoms with Crippen LogP contribution in [0.5, 0.6) is 0 Å². The van der Waals surface area contributed by atoms with E-state index in [4.69, 9.17) is 16.3 Å². The number of ether oxygens (including phenoxy) is 1. The minimum Gasteiger partial charge on any atom is -0.370 e. The van der Waals surface area contributed by atoms with Crippen molar-refractivity contribution in [3.63, 3.8) is 0 Å².